The number of allylic oxidation sites excluding steroid dienone is 5. The summed E-state index contributed by atoms with van der Waals surface area (Å²) in [5, 5.41) is 78.7. The summed E-state index contributed by atoms with van der Waals surface area (Å²) < 4.78 is 0. The Balaban J connectivity index is 2.24. The second-order valence-electron chi connectivity index (χ2n) is 12.8. The Morgan fingerprint density at radius 2 is 1.19 bits per heavy atom. The molecule has 0 unspecified atom stereocenters. The normalized spacial score (nSPS) is 34.1. The first-order chi connectivity index (χ1) is 21.9. The van der Waals surface area contributed by atoms with Gasteiger partial charge in [-0.25, -0.2) is 0 Å². The number of fused-ring (bicyclic) bond motifs is 15. The highest BCUT2D eigenvalue weighted by molar-refractivity contribution is 6.32. The number of amides is 1. The first-order valence-electron chi connectivity index (χ1n) is 15.5. The van der Waals surface area contributed by atoms with Gasteiger partial charge in [0.05, 0.1) is 53.4 Å². The smallest absolute Gasteiger partial charge is 0.248 e. The Bertz CT molecular complexity index is 1570. The fourth-order valence-electron chi connectivity index (χ4n) is 6.21. The van der Waals surface area contributed by atoms with E-state index in [1.165, 1.54) is 45.9 Å². The first-order valence-corrected chi connectivity index (χ1v) is 15.5. The van der Waals surface area contributed by atoms with Gasteiger partial charge in [0.25, 0.3) is 0 Å². The van der Waals surface area contributed by atoms with Crippen molar-refractivity contribution >= 4 is 23.3 Å². The van der Waals surface area contributed by atoms with Crippen LogP contribution in [-0.4, -0.2) is 90.0 Å². The lowest BCUT2D eigenvalue weighted by atomic mass is 9.76. The fraction of sp³-hybridized carbons (Fsp3) is 0.486. The highest BCUT2D eigenvalue weighted by Crippen LogP contribution is 2.43. The largest absolute Gasteiger partial charge is 0.507 e. The Morgan fingerprint density at radius 1 is 0.681 bits per heavy atom. The van der Waals surface area contributed by atoms with Crippen LogP contribution < -0.4 is 5.32 Å². The Hall–Kier alpha value is -3.94. The zero-order chi connectivity index (χ0) is 35.7. The summed E-state index contributed by atoms with van der Waals surface area (Å²) in [6.45, 7) is 9.49. The maximum Gasteiger partial charge on any atom is 0.248 e. The SMILES string of the molecule is CC1=C2NC(=O)/C=C/C=C/[C@H](C)[C@H](O)[C@@H](C)[C@@H](O)[C@@H](C)[C@@H](O)[C@H](C)[C@@H](O)[C@@H](CO)/C=C(/C)C(=O)c3c(O)c(C)c(O)c(c3C1=O)C2=O. The number of aliphatic hydroxyl groups is 5. The Labute approximate surface area is 273 Å². The molecule has 0 aromatic heterocycles. The summed E-state index contributed by atoms with van der Waals surface area (Å²) in [4.78, 5) is 53.9. The number of aliphatic hydroxyl groups excluding tert-OH is 5. The van der Waals surface area contributed by atoms with Gasteiger partial charge in [0.15, 0.2) is 11.6 Å². The average molecular weight is 656 g/mol. The van der Waals surface area contributed by atoms with Crippen LogP contribution in [0.1, 0.15) is 78.2 Å². The lowest BCUT2D eigenvalue weighted by Gasteiger charge is -2.37. The molecule has 47 heavy (non-hydrogen) atoms. The number of phenolic OH excluding ortho intramolecular Hbond substituents is 2. The second-order valence-corrected chi connectivity index (χ2v) is 12.8. The van der Waals surface area contributed by atoms with Crippen LogP contribution in [0.15, 0.2) is 47.2 Å². The molecule has 1 aromatic rings. The molecule has 2 heterocycles. The second kappa shape index (κ2) is 14.9. The number of rotatable bonds is 1. The van der Waals surface area contributed by atoms with E-state index in [1.54, 1.807) is 26.8 Å². The van der Waals surface area contributed by atoms with Gasteiger partial charge in [-0.2, -0.15) is 0 Å². The third-order valence-corrected chi connectivity index (χ3v) is 9.57. The van der Waals surface area contributed by atoms with E-state index in [0.29, 0.717) is 0 Å². The average Bonchev–Trinajstić information content (AvgIpc) is 3.05. The van der Waals surface area contributed by atoms with Crippen molar-refractivity contribution in [3.63, 3.8) is 0 Å². The van der Waals surface area contributed by atoms with E-state index in [9.17, 15) is 54.9 Å². The third-order valence-electron chi connectivity index (χ3n) is 9.57. The molecule has 3 aliphatic rings. The number of ketones is 3. The quantitative estimate of drug-likeness (QED) is 0.219. The van der Waals surface area contributed by atoms with Crippen molar-refractivity contribution in [3.05, 3.63) is 69.5 Å². The highest BCUT2D eigenvalue weighted by atomic mass is 16.3. The van der Waals surface area contributed by atoms with Gasteiger partial charge in [-0.05, 0) is 26.3 Å². The molecule has 0 radical (unpaired) electrons. The van der Waals surface area contributed by atoms with Gasteiger partial charge < -0.3 is 41.1 Å². The number of carbonyl (C=O) groups excluding carboxylic acids is 4. The van der Waals surface area contributed by atoms with Gasteiger partial charge in [-0.15, -0.1) is 0 Å². The molecule has 2 aliphatic heterocycles. The van der Waals surface area contributed by atoms with Crippen molar-refractivity contribution in [1.82, 2.24) is 5.32 Å². The molecule has 12 heteroatoms. The van der Waals surface area contributed by atoms with Crippen LogP contribution >= 0.6 is 0 Å². The van der Waals surface area contributed by atoms with Gasteiger partial charge in [0.2, 0.25) is 11.7 Å². The molecule has 4 rings (SSSR count). The van der Waals surface area contributed by atoms with E-state index < -0.39 is 118 Å². The number of nitrogens with one attached hydrogen (secondary N) is 1. The predicted molar refractivity (Wildman–Crippen MR) is 172 cm³/mol. The van der Waals surface area contributed by atoms with Crippen LogP contribution in [0.3, 0.4) is 0 Å². The number of phenols is 2. The summed E-state index contributed by atoms with van der Waals surface area (Å²) in [5.41, 5.74) is -2.80. The molecular weight excluding hydrogens is 610 g/mol. The van der Waals surface area contributed by atoms with Crippen molar-refractivity contribution in [1.29, 1.82) is 0 Å². The number of hydrogen-bond acceptors (Lipinski definition) is 11. The molecular formula is C35H45NO11. The minimum atomic E-state index is -1.44. The van der Waals surface area contributed by atoms with Gasteiger partial charge in [-0.3, -0.25) is 19.2 Å². The minimum Gasteiger partial charge on any atom is -0.507 e. The van der Waals surface area contributed by atoms with Crippen molar-refractivity contribution in [3.8, 4) is 11.5 Å². The number of aromatic hydroxyl groups is 2. The van der Waals surface area contributed by atoms with Gasteiger partial charge in [0, 0.05) is 46.8 Å². The fourth-order valence-corrected chi connectivity index (χ4v) is 6.21. The molecule has 8 N–H and O–H groups in total. The molecule has 4 bridgehead atoms. The van der Waals surface area contributed by atoms with Crippen molar-refractivity contribution in [2.45, 2.75) is 72.9 Å². The van der Waals surface area contributed by atoms with E-state index in [0.717, 1.165) is 6.08 Å². The number of benzene rings is 1. The van der Waals surface area contributed by atoms with Crippen LogP contribution in [0.2, 0.25) is 0 Å². The van der Waals surface area contributed by atoms with Gasteiger partial charge in [-0.1, -0.05) is 52.0 Å². The summed E-state index contributed by atoms with van der Waals surface area (Å²) >= 11 is 0. The van der Waals surface area contributed by atoms with E-state index in [-0.39, 0.29) is 16.7 Å². The topological polar surface area (TPSA) is 222 Å². The molecule has 1 amide bonds. The minimum absolute atomic E-state index is 0.136. The van der Waals surface area contributed by atoms with Gasteiger partial charge in [0.1, 0.15) is 11.5 Å². The van der Waals surface area contributed by atoms with Crippen molar-refractivity contribution < 1.29 is 54.9 Å². The third kappa shape index (κ3) is 7.16. The molecule has 0 spiro atoms. The first kappa shape index (κ1) is 37.5. The number of carbonyl (C=O) groups is 4. The Morgan fingerprint density at radius 3 is 1.74 bits per heavy atom. The summed E-state index contributed by atoms with van der Waals surface area (Å²) in [7, 11) is 0. The number of Topliss-reactive ketones (excluding diaryl/α,β-unsaturated/α-hetero) is 3. The van der Waals surface area contributed by atoms with E-state index in [1.807, 2.05) is 0 Å². The van der Waals surface area contributed by atoms with Crippen molar-refractivity contribution in [2.24, 2.45) is 29.6 Å². The van der Waals surface area contributed by atoms with Crippen LogP contribution in [0.4, 0.5) is 0 Å². The summed E-state index contributed by atoms with van der Waals surface area (Å²) in [6, 6.07) is 0. The molecule has 1 aromatic carbocycles. The maximum absolute atomic E-state index is 13.8. The molecule has 0 saturated heterocycles. The zero-order valence-corrected chi connectivity index (χ0v) is 27.6. The Kier molecular flexibility index (Phi) is 11.9. The van der Waals surface area contributed by atoms with Crippen LogP contribution in [0.25, 0.3) is 0 Å². The summed E-state index contributed by atoms with van der Waals surface area (Å²) in [6.07, 6.45) is 1.66. The van der Waals surface area contributed by atoms with E-state index >= 15 is 0 Å². The van der Waals surface area contributed by atoms with E-state index in [4.69, 9.17) is 0 Å². The van der Waals surface area contributed by atoms with Gasteiger partial charge >= 0.3 is 0 Å². The lowest BCUT2D eigenvalue weighted by molar-refractivity contribution is -0.115. The molecule has 9 atom stereocenters. The standard InChI is InChI=1S/C35H45NO11/c1-14-10-8-9-11-22(38)36-26-16(3)32(44)23-24(33(45)20(7)34(46)25(23)35(26)47)28(40)15(2)12-21(13-37)31(43)19(6)30(42)18(5)29(41)17(4)27(14)39/h8-12,14,17-19,21,27,29-31,37,39,41-43,45-46H,13H2,1-7H3,(H,36,38)/b10-8+,11-9+,15-12-/t14-,17+,18+,19-,21+,27-,29+,30+,31+/m0/s1. The highest BCUT2D eigenvalue weighted by Gasteiger charge is 2.41. The number of hydrogen-bond donors (Lipinski definition) is 8. The molecule has 12 nitrogen and oxygen atoms in total. The maximum atomic E-state index is 13.8. The lowest BCUT2D eigenvalue weighted by Crippen LogP contribution is -2.46. The van der Waals surface area contributed by atoms with Crippen LogP contribution in [0.5, 0.6) is 11.5 Å². The molecule has 1 aliphatic carbocycles. The monoisotopic (exact) mass is 655 g/mol. The van der Waals surface area contributed by atoms with Crippen LogP contribution in [-0.2, 0) is 4.79 Å². The summed E-state index contributed by atoms with van der Waals surface area (Å²) in [5.74, 6) is -9.26. The molecule has 0 saturated carbocycles. The predicted octanol–water partition coefficient (Wildman–Crippen LogP) is 2.03. The zero-order valence-electron chi connectivity index (χ0n) is 27.6. The van der Waals surface area contributed by atoms with Crippen LogP contribution in [0, 0.1) is 36.5 Å². The van der Waals surface area contributed by atoms with Crippen molar-refractivity contribution in [2.75, 3.05) is 6.61 Å². The molecule has 0 fully saturated rings. The molecule has 256 valence electrons. The van der Waals surface area contributed by atoms with E-state index in [2.05, 4.69) is 5.32 Å².